The number of rotatable bonds is 10. The lowest BCUT2D eigenvalue weighted by molar-refractivity contribution is 0.0697. The number of ether oxygens (including phenoxy) is 2. The van der Waals surface area contributed by atoms with Crippen molar-refractivity contribution in [2.45, 2.75) is 19.6 Å². The lowest BCUT2D eigenvalue weighted by Crippen LogP contribution is -2.10. The number of halogens is 3. The number of fused-ring (bicyclic) bond motifs is 1. The van der Waals surface area contributed by atoms with Gasteiger partial charge >= 0.3 is 5.97 Å². The van der Waals surface area contributed by atoms with E-state index >= 15 is 4.39 Å². The number of pyridine rings is 1. The summed E-state index contributed by atoms with van der Waals surface area (Å²) in [6.45, 7) is 0.408. The van der Waals surface area contributed by atoms with Crippen molar-refractivity contribution in [2.24, 2.45) is 0 Å². The Balaban J connectivity index is 1.39. The zero-order valence-electron chi connectivity index (χ0n) is 22.3. The summed E-state index contributed by atoms with van der Waals surface area (Å²) in [6.07, 6.45) is 0.119. The van der Waals surface area contributed by atoms with Crippen molar-refractivity contribution in [2.75, 3.05) is 13.7 Å². The van der Waals surface area contributed by atoms with Gasteiger partial charge in [-0.05, 0) is 54.1 Å². The van der Waals surface area contributed by atoms with Crippen molar-refractivity contribution >= 4 is 17.0 Å². The van der Waals surface area contributed by atoms with Crippen LogP contribution in [0.2, 0.25) is 0 Å². The van der Waals surface area contributed by atoms with Crippen LogP contribution in [0.15, 0.2) is 66.7 Å². The first-order chi connectivity index (χ1) is 20.3. The van der Waals surface area contributed by atoms with Crippen LogP contribution in [-0.4, -0.2) is 39.3 Å². The first-order valence-corrected chi connectivity index (χ1v) is 12.8. The van der Waals surface area contributed by atoms with Crippen molar-refractivity contribution < 1.29 is 32.5 Å². The highest BCUT2D eigenvalue weighted by Gasteiger charge is 2.17. The van der Waals surface area contributed by atoms with Crippen LogP contribution in [-0.2, 0) is 24.3 Å². The van der Waals surface area contributed by atoms with E-state index < -0.39 is 23.4 Å². The smallest absolute Gasteiger partial charge is 0.335 e. The molecule has 5 aromatic rings. The van der Waals surface area contributed by atoms with Gasteiger partial charge in [0.25, 0.3) is 5.88 Å². The van der Waals surface area contributed by atoms with E-state index in [1.54, 1.807) is 29.9 Å². The van der Waals surface area contributed by atoms with Crippen molar-refractivity contribution in [1.82, 2.24) is 14.5 Å². The van der Waals surface area contributed by atoms with Gasteiger partial charge in [-0.15, -0.1) is 0 Å². The highest BCUT2D eigenvalue weighted by molar-refractivity contribution is 5.92. The predicted molar refractivity (Wildman–Crippen MR) is 146 cm³/mol. The fourth-order valence-corrected chi connectivity index (χ4v) is 4.46. The van der Waals surface area contributed by atoms with Crippen LogP contribution < -0.4 is 4.74 Å². The number of nitriles is 1. The first-order valence-electron chi connectivity index (χ1n) is 12.8. The number of carboxylic acids is 1. The Morgan fingerprint density at radius 2 is 1.74 bits per heavy atom. The summed E-state index contributed by atoms with van der Waals surface area (Å²) >= 11 is 0. The third-order valence-corrected chi connectivity index (χ3v) is 6.65. The third kappa shape index (κ3) is 5.94. The van der Waals surface area contributed by atoms with Gasteiger partial charge in [0.15, 0.2) is 5.82 Å². The van der Waals surface area contributed by atoms with Crippen molar-refractivity contribution in [3.8, 4) is 23.2 Å². The third-order valence-electron chi connectivity index (χ3n) is 6.65. The molecule has 0 unspecified atom stereocenters. The number of hydrogen-bond acceptors (Lipinski definition) is 6. The molecule has 212 valence electrons. The molecule has 1 N–H and O–H groups in total. The highest BCUT2D eigenvalue weighted by atomic mass is 19.1. The first kappa shape index (κ1) is 28.3. The minimum absolute atomic E-state index is 0.111. The quantitative estimate of drug-likeness (QED) is 0.222. The van der Waals surface area contributed by atoms with E-state index in [9.17, 15) is 18.7 Å². The molecule has 8 nitrogen and oxygen atoms in total. The molecular formula is C31H23F3N4O4. The van der Waals surface area contributed by atoms with E-state index in [1.165, 1.54) is 36.4 Å². The number of carbonyl (C=O) groups is 1. The summed E-state index contributed by atoms with van der Waals surface area (Å²) in [7, 11) is 1.55. The molecule has 3 aromatic carbocycles. The van der Waals surface area contributed by atoms with Crippen molar-refractivity contribution in [1.29, 1.82) is 5.26 Å². The van der Waals surface area contributed by atoms with Gasteiger partial charge in [-0.25, -0.2) is 27.9 Å². The largest absolute Gasteiger partial charge is 0.478 e. The van der Waals surface area contributed by atoms with Crippen LogP contribution in [0, 0.1) is 28.8 Å². The predicted octanol–water partition coefficient (Wildman–Crippen LogP) is 5.90. The Morgan fingerprint density at radius 3 is 2.45 bits per heavy atom. The average Bonchev–Trinajstić information content (AvgIpc) is 3.33. The molecule has 0 aliphatic carbocycles. The van der Waals surface area contributed by atoms with E-state index in [1.807, 2.05) is 6.07 Å². The SMILES string of the molecule is COCCn1c(Cc2ccc(-c3ccc(F)c(OCc4ccc(C#N)cc4F)n3)cc2F)nc2ccc(C(=O)O)cc21. The summed E-state index contributed by atoms with van der Waals surface area (Å²) in [5, 5.41) is 18.3. The van der Waals surface area contributed by atoms with Crippen LogP contribution in [0.4, 0.5) is 13.2 Å². The minimum Gasteiger partial charge on any atom is -0.478 e. The van der Waals surface area contributed by atoms with E-state index in [2.05, 4.69) is 9.97 Å². The number of nitrogens with zero attached hydrogens (tertiary/aromatic N) is 4. The molecular weight excluding hydrogens is 549 g/mol. The van der Waals surface area contributed by atoms with Gasteiger partial charge in [0.05, 0.1) is 40.5 Å². The zero-order valence-corrected chi connectivity index (χ0v) is 22.3. The molecule has 5 rings (SSSR count). The highest BCUT2D eigenvalue weighted by Crippen LogP contribution is 2.27. The molecule has 2 aromatic heterocycles. The van der Waals surface area contributed by atoms with Crippen LogP contribution in [0.5, 0.6) is 5.88 Å². The molecule has 0 aliphatic rings. The maximum atomic E-state index is 15.3. The van der Waals surface area contributed by atoms with E-state index in [0.29, 0.717) is 41.1 Å². The number of aromatic nitrogens is 3. The maximum absolute atomic E-state index is 15.3. The molecule has 0 fully saturated rings. The topological polar surface area (TPSA) is 110 Å². The Hall–Kier alpha value is -5.21. The summed E-state index contributed by atoms with van der Waals surface area (Å²) < 4.78 is 56.4. The molecule has 0 spiro atoms. The van der Waals surface area contributed by atoms with E-state index in [4.69, 9.17) is 14.7 Å². The Kier molecular flexibility index (Phi) is 8.17. The van der Waals surface area contributed by atoms with Gasteiger partial charge in [-0.1, -0.05) is 18.2 Å². The normalized spacial score (nSPS) is 11.0. The van der Waals surface area contributed by atoms with Crippen LogP contribution >= 0.6 is 0 Å². The fourth-order valence-electron chi connectivity index (χ4n) is 4.46. The summed E-state index contributed by atoms with van der Waals surface area (Å²) in [4.78, 5) is 20.2. The Bertz CT molecular complexity index is 1850. The number of hydrogen-bond donors (Lipinski definition) is 1. The van der Waals surface area contributed by atoms with E-state index in [-0.39, 0.29) is 41.3 Å². The van der Waals surface area contributed by atoms with Gasteiger partial charge in [-0.3, -0.25) is 0 Å². The molecule has 42 heavy (non-hydrogen) atoms. The standard InChI is InChI=1S/C31H23F3N4O4/c1-41-11-10-38-28-14-21(31(39)40)6-8-27(28)36-29(38)15-19-4-5-20(13-25(19)34)26-9-7-23(32)30(37-26)42-17-22-3-2-18(16-35)12-24(22)33/h2-9,12-14H,10-11,15,17H2,1H3,(H,39,40). The summed E-state index contributed by atoms with van der Waals surface area (Å²) in [6, 6.07) is 17.3. The molecule has 0 bridgehead atoms. The summed E-state index contributed by atoms with van der Waals surface area (Å²) in [5.41, 5.74) is 2.49. The van der Waals surface area contributed by atoms with Crippen LogP contribution in [0.3, 0.4) is 0 Å². The molecule has 11 heteroatoms. The molecule has 0 aliphatic heterocycles. The van der Waals surface area contributed by atoms with E-state index in [0.717, 1.165) is 12.1 Å². The van der Waals surface area contributed by atoms with Gasteiger partial charge in [-0.2, -0.15) is 5.26 Å². The van der Waals surface area contributed by atoms with Crippen LogP contribution in [0.1, 0.15) is 32.9 Å². The van der Waals surface area contributed by atoms with Crippen molar-refractivity contribution in [3.05, 3.63) is 112 Å². The lowest BCUT2D eigenvalue weighted by atomic mass is 10.1. The lowest BCUT2D eigenvalue weighted by Gasteiger charge is -2.11. The van der Waals surface area contributed by atoms with Crippen LogP contribution in [0.25, 0.3) is 22.3 Å². The molecule has 0 saturated carbocycles. The average molecular weight is 573 g/mol. The number of aromatic carboxylic acids is 1. The molecule has 0 atom stereocenters. The summed E-state index contributed by atoms with van der Waals surface area (Å²) in [5.74, 6) is -2.90. The minimum atomic E-state index is -1.07. The monoisotopic (exact) mass is 572 g/mol. The second-order valence-electron chi connectivity index (χ2n) is 9.35. The second-order valence-corrected chi connectivity index (χ2v) is 9.35. The molecule has 0 radical (unpaired) electrons. The number of imidazole rings is 1. The van der Waals surface area contributed by atoms with Gasteiger partial charge < -0.3 is 19.1 Å². The Morgan fingerprint density at radius 1 is 0.952 bits per heavy atom. The van der Waals surface area contributed by atoms with Gasteiger partial charge in [0.2, 0.25) is 0 Å². The number of carboxylic acid groups (broad SMARTS) is 1. The number of benzene rings is 3. The maximum Gasteiger partial charge on any atom is 0.335 e. The molecule has 2 heterocycles. The number of methoxy groups -OCH3 is 1. The molecule has 0 saturated heterocycles. The zero-order chi connectivity index (χ0) is 29.8. The fraction of sp³-hybridized carbons (Fsp3) is 0.161. The van der Waals surface area contributed by atoms with Crippen molar-refractivity contribution in [3.63, 3.8) is 0 Å². The second kappa shape index (κ2) is 12.1. The van der Waals surface area contributed by atoms with Gasteiger partial charge in [0, 0.05) is 31.2 Å². The Labute approximate surface area is 238 Å². The van der Waals surface area contributed by atoms with Gasteiger partial charge in [0.1, 0.15) is 24.1 Å². The molecule has 0 amide bonds.